The molecule has 0 atom stereocenters. The molecule has 14 heavy (non-hydrogen) atoms. The second-order valence-electron chi connectivity index (χ2n) is 3.13. The molecule has 76 valence electrons. The van der Waals surface area contributed by atoms with Crippen LogP contribution in [0.3, 0.4) is 0 Å². The Morgan fingerprint density at radius 1 is 1.64 bits per heavy atom. The lowest BCUT2D eigenvalue weighted by molar-refractivity contribution is -0.116. The molecule has 0 fully saturated rings. The number of nitrogens with zero attached hydrogens (tertiary/aromatic N) is 2. The van der Waals surface area contributed by atoms with Crippen LogP contribution in [0.5, 0.6) is 0 Å². The first-order valence-corrected chi connectivity index (χ1v) is 4.94. The van der Waals surface area contributed by atoms with Gasteiger partial charge in [0, 0.05) is 6.20 Å². The fraction of sp³-hybridized carbons (Fsp3) is 0.333. The molecule has 0 saturated carbocycles. The molecule has 1 aromatic heterocycles. The number of halogens is 1. The number of pyridine rings is 1. The van der Waals surface area contributed by atoms with Gasteiger partial charge in [-0.2, -0.15) is 0 Å². The summed E-state index contributed by atoms with van der Waals surface area (Å²) in [6, 6.07) is 3.57. The van der Waals surface area contributed by atoms with Crippen molar-refractivity contribution >= 4 is 27.5 Å². The van der Waals surface area contributed by atoms with Gasteiger partial charge in [0.15, 0.2) is 0 Å². The smallest absolute Gasteiger partial charge is 0.238 e. The Morgan fingerprint density at radius 2 is 2.36 bits per heavy atom. The van der Waals surface area contributed by atoms with Crippen molar-refractivity contribution in [1.82, 2.24) is 9.88 Å². The van der Waals surface area contributed by atoms with Crippen LogP contribution in [0, 0.1) is 0 Å². The predicted octanol–water partition coefficient (Wildman–Crippen LogP) is 1.34. The Bertz CT molecular complexity index is 328. The number of carbonyl (C=O) groups excluding carboxylic acids is 1. The quantitative estimate of drug-likeness (QED) is 0.832. The highest BCUT2D eigenvalue weighted by atomic mass is 79.9. The van der Waals surface area contributed by atoms with Gasteiger partial charge in [0.2, 0.25) is 5.91 Å². The van der Waals surface area contributed by atoms with Crippen LogP contribution >= 0.6 is 15.9 Å². The average Bonchev–Trinajstić information content (AvgIpc) is 2.07. The van der Waals surface area contributed by atoms with Gasteiger partial charge in [0.25, 0.3) is 0 Å². The minimum absolute atomic E-state index is 0.0521. The summed E-state index contributed by atoms with van der Waals surface area (Å²) in [4.78, 5) is 17.2. The van der Waals surface area contributed by atoms with E-state index in [1.54, 1.807) is 23.2 Å². The van der Waals surface area contributed by atoms with Gasteiger partial charge in [-0.25, -0.2) is 4.98 Å². The number of rotatable bonds is 3. The molecular weight excluding hydrogens is 246 g/mol. The third-order valence-electron chi connectivity index (χ3n) is 1.49. The summed E-state index contributed by atoms with van der Waals surface area (Å²) in [5, 5.41) is 2.75. The van der Waals surface area contributed by atoms with Gasteiger partial charge in [-0.15, -0.1) is 0 Å². The second-order valence-corrected chi connectivity index (χ2v) is 3.88. The molecule has 1 amide bonds. The highest BCUT2D eigenvalue weighted by Gasteiger charge is 2.05. The van der Waals surface area contributed by atoms with Gasteiger partial charge in [-0.05, 0) is 42.2 Å². The van der Waals surface area contributed by atoms with Crippen molar-refractivity contribution in [1.29, 1.82) is 0 Å². The first-order valence-electron chi connectivity index (χ1n) is 4.14. The fourth-order valence-corrected chi connectivity index (χ4v) is 1.31. The van der Waals surface area contributed by atoms with E-state index in [1.807, 2.05) is 14.1 Å². The monoisotopic (exact) mass is 257 g/mol. The Hall–Kier alpha value is -0.940. The van der Waals surface area contributed by atoms with Crippen molar-refractivity contribution in [3.63, 3.8) is 0 Å². The molecule has 0 spiro atoms. The van der Waals surface area contributed by atoms with Gasteiger partial charge in [-0.1, -0.05) is 0 Å². The van der Waals surface area contributed by atoms with Crippen molar-refractivity contribution < 1.29 is 4.79 Å². The van der Waals surface area contributed by atoms with E-state index in [1.165, 1.54) is 0 Å². The van der Waals surface area contributed by atoms with E-state index in [4.69, 9.17) is 0 Å². The Morgan fingerprint density at radius 3 is 2.93 bits per heavy atom. The third-order valence-corrected chi connectivity index (χ3v) is 2.12. The SMILES string of the molecule is CN(C)CC(=O)Nc1cccnc1Br. The molecule has 0 aromatic carbocycles. The normalized spacial score (nSPS) is 10.3. The van der Waals surface area contributed by atoms with Crippen molar-refractivity contribution in [3.8, 4) is 0 Å². The highest BCUT2D eigenvalue weighted by molar-refractivity contribution is 9.10. The third kappa shape index (κ3) is 3.43. The van der Waals surface area contributed by atoms with Crippen LogP contribution < -0.4 is 5.32 Å². The second kappa shape index (κ2) is 5.07. The predicted molar refractivity (Wildman–Crippen MR) is 59.1 cm³/mol. The molecule has 0 unspecified atom stereocenters. The number of likely N-dealkylation sites (N-methyl/N-ethyl adjacent to an activating group) is 1. The van der Waals surface area contributed by atoms with E-state index in [9.17, 15) is 4.79 Å². The molecule has 1 aromatic rings. The van der Waals surface area contributed by atoms with Gasteiger partial charge in [0.1, 0.15) is 4.60 Å². The maximum atomic E-state index is 11.4. The summed E-state index contributed by atoms with van der Waals surface area (Å²) in [6.07, 6.45) is 1.66. The molecule has 0 bridgehead atoms. The number of anilines is 1. The topological polar surface area (TPSA) is 45.2 Å². The summed E-state index contributed by atoms with van der Waals surface area (Å²) < 4.78 is 0.645. The van der Waals surface area contributed by atoms with Crippen LogP contribution in [0.1, 0.15) is 0 Å². The van der Waals surface area contributed by atoms with Crippen molar-refractivity contribution in [3.05, 3.63) is 22.9 Å². The number of carbonyl (C=O) groups is 1. The standard InChI is InChI=1S/C9H12BrN3O/c1-13(2)6-8(14)12-7-4-3-5-11-9(7)10/h3-5H,6H2,1-2H3,(H,12,14). The van der Waals surface area contributed by atoms with E-state index in [0.29, 0.717) is 16.8 Å². The number of amides is 1. The maximum Gasteiger partial charge on any atom is 0.238 e. The summed E-state index contributed by atoms with van der Waals surface area (Å²) in [5.74, 6) is -0.0521. The molecule has 0 saturated heterocycles. The number of hydrogen-bond acceptors (Lipinski definition) is 3. The lowest BCUT2D eigenvalue weighted by Gasteiger charge is -2.10. The number of aromatic nitrogens is 1. The summed E-state index contributed by atoms with van der Waals surface area (Å²) in [6.45, 7) is 0.362. The Labute approximate surface area is 91.4 Å². The average molecular weight is 258 g/mol. The molecule has 4 nitrogen and oxygen atoms in total. The van der Waals surface area contributed by atoms with E-state index in [-0.39, 0.29) is 5.91 Å². The largest absolute Gasteiger partial charge is 0.323 e. The van der Waals surface area contributed by atoms with Crippen LogP contribution in [0.15, 0.2) is 22.9 Å². The number of nitrogens with one attached hydrogen (secondary N) is 1. The molecule has 0 aliphatic heterocycles. The Kier molecular flexibility index (Phi) is 4.03. The van der Waals surface area contributed by atoms with Crippen LogP contribution in [-0.4, -0.2) is 36.4 Å². The minimum Gasteiger partial charge on any atom is -0.323 e. The van der Waals surface area contributed by atoms with E-state index >= 15 is 0 Å². The maximum absolute atomic E-state index is 11.4. The first kappa shape index (κ1) is 11.1. The summed E-state index contributed by atoms with van der Waals surface area (Å²) >= 11 is 3.25. The first-order chi connectivity index (χ1) is 6.59. The van der Waals surface area contributed by atoms with E-state index < -0.39 is 0 Å². The van der Waals surface area contributed by atoms with Crippen LogP contribution in [-0.2, 0) is 4.79 Å². The molecule has 1 rings (SSSR count). The zero-order valence-electron chi connectivity index (χ0n) is 8.12. The van der Waals surface area contributed by atoms with Crippen LogP contribution in [0.2, 0.25) is 0 Å². The van der Waals surface area contributed by atoms with Gasteiger partial charge in [-0.3, -0.25) is 4.79 Å². The molecular formula is C9H12BrN3O. The zero-order valence-corrected chi connectivity index (χ0v) is 9.71. The van der Waals surface area contributed by atoms with Crippen LogP contribution in [0.4, 0.5) is 5.69 Å². The van der Waals surface area contributed by atoms with Gasteiger partial charge < -0.3 is 10.2 Å². The Balaban J connectivity index is 2.61. The summed E-state index contributed by atoms with van der Waals surface area (Å²) in [7, 11) is 3.69. The molecule has 0 aliphatic carbocycles. The van der Waals surface area contributed by atoms with E-state index in [2.05, 4.69) is 26.2 Å². The highest BCUT2D eigenvalue weighted by Crippen LogP contribution is 2.17. The van der Waals surface area contributed by atoms with Gasteiger partial charge >= 0.3 is 0 Å². The molecule has 0 radical (unpaired) electrons. The lowest BCUT2D eigenvalue weighted by Crippen LogP contribution is -2.27. The molecule has 1 heterocycles. The van der Waals surface area contributed by atoms with Crippen LogP contribution in [0.25, 0.3) is 0 Å². The van der Waals surface area contributed by atoms with E-state index in [0.717, 1.165) is 0 Å². The zero-order chi connectivity index (χ0) is 10.6. The number of hydrogen-bond donors (Lipinski definition) is 1. The minimum atomic E-state index is -0.0521. The molecule has 0 aliphatic rings. The summed E-state index contributed by atoms with van der Waals surface area (Å²) in [5.41, 5.74) is 0.694. The fourth-order valence-electron chi connectivity index (χ4n) is 0.956. The lowest BCUT2D eigenvalue weighted by atomic mass is 10.4. The van der Waals surface area contributed by atoms with Crippen molar-refractivity contribution in [2.24, 2.45) is 0 Å². The molecule has 1 N–H and O–H groups in total. The van der Waals surface area contributed by atoms with Crippen molar-refractivity contribution in [2.75, 3.05) is 26.0 Å². The van der Waals surface area contributed by atoms with Crippen molar-refractivity contribution in [2.45, 2.75) is 0 Å². The molecule has 5 heteroatoms. The van der Waals surface area contributed by atoms with Gasteiger partial charge in [0.05, 0.1) is 12.2 Å².